The number of aromatic nitrogens is 1. The predicted octanol–water partition coefficient (Wildman–Crippen LogP) is 6.80. The van der Waals surface area contributed by atoms with Gasteiger partial charge in [0.05, 0.1) is 28.8 Å². The fourth-order valence-corrected chi connectivity index (χ4v) is 7.71. The molecule has 2 aliphatic rings. The van der Waals surface area contributed by atoms with Crippen molar-refractivity contribution >= 4 is 26.6 Å². The second-order valence-corrected chi connectivity index (χ2v) is 15.0. The quantitative estimate of drug-likeness (QED) is 0.206. The molecule has 1 amide bonds. The van der Waals surface area contributed by atoms with Crippen LogP contribution in [0.3, 0.4) is 0 Å². The average Bonchev–Trinajstić information content (AvgIpc) is 3.10. The number of hydrogen-bond donors (Lipinski definition) is 1. The number of nitrogens with one attached hydrogen (secondary N) is 1. The number of amides is 1. The summed E-state index contributed by atoms with van der Waals surface area (Å²) in [5.41, 5.74) is 1.68. The number of nitrogens with zero attached hydrogens (tertiary/aromatic N) is 3. The fraction of sp³-hybridized carbons (Fsp3) is 0.405. The van der Waals surface area contributed by atoms with Crippen molar-refractivity contribution in [3.63, 3.8) is 0 Å². The number of sulfone groups is 1. The second kappa shape index (κ2) is 14.5. The van der Waals surface area contributed by atoms with E-state index in [2.05, 4.69) is 15.1 Å². The molecule has 1 aromatic heterocycles. The molecule has 2 saturated heterocycles. The first kappa shape index (κ1) is 34.8. The second-order valence-electron chi connectivity index (χ2n) is 13.0. The van der Waals surface area contributed by atoms with Crippen LogP contribution in [0.15, 0.2) is 77.7 Å². The first-order valence-electron chi connectivity index (χ1n) is 16.6. The van der Waals surface area contributed by atoms with E-state index in [1.165, 1.54) is 61.7 Å². The normalized spacial score (nSPS) is 17.6. The Labute approximate surface area is 285 Å². The first-order chi connectivity index (χ1) is 23.4. The van der Waals surface area contributed by atoms with Gasteiger partial charge in [-0.2, -0.15) is 13.2 Å². The maximum absolute atomic E-state index is 14.6. The van der Waals surface area contributed by atoms with Gasteiger partial charge >= 0.3 is 6.18 Å². The molecule has 8 nitrogen and oxygen atoms in total. The Hall–Kier alpha value is -4.00. The van der Waals surface area contributed by atoms with Crippen molar-refractivity contribution in [1.29, 1.82) is 0 Å². The highest BCUT2D eigenvalue weighted by molar-refractivity contribution is 7.90. The molecule has 2 aliphatic heterocycles. The van der Waals surface area contributed by atoms with Crippen LogP contribution in [0, 0.1) is 0 Å². The number of piperidine rings is 2. The van der Waals surface area contributed by atoms with E-state index >= 15 is 0 Å². The summed E-state index contributed by atoms with van der Waals surface area (Å²) < 4.78 is 74.4. The molecule has 260 valence electrons. The molecule has 49 heavy (non-hydrogen) atoms. The van der Waals surface area contributed by atoms with Gasteiger partial charge < -0.3 is 15.0 Å². The highest BCUT2D eigenvalue weighted by atomic mass is 32.2. The van der Waals surface area contributed by atoms with E-state index in [1.807, 2.05) is 0 Å². The van der Waals surface area contributed by atoms with Crippen LogP contribution in [0.4, 0.5) is 13.2 Å². The molecule has 0 saturated carbocycles. The van der Waals surface area contributed by atoms with E-state index in [0.29, 0.717) is 34.1 Å². The molecule has 3 heterocycles. The Morgan fingerprint density at radius 3 is 2.24 bits per heavy atom. The van der Waals surface area contributed by atoms with Gasteiger partial charge in [0, 0.05) is 35.4 Å². The van der Waals surface area contributed by atoms with Crippen LogP contribution in [0.1, 0.15) is 59.6 Å². The maximum atomic E-state index is 14.6. The zero-order valence-corrected chi connectivity index (χ0v) is 28.5. The number of rotatable bonds is 9. The van der Waals surface area contributed by atoms with E-state index in [1.54, 1.807) is 37.4 Å². The Morgan fingerprint density at radius 2 is 1.63 bits per heavy atom. The summed E-state index contributed by atoms with van der Waals surface area (Å²) in [5, 5.41) is 2.45. The summed E-state index contributed by atoms with van der Waals surface area (Å²) >= 11 is 0. The van der Waals surface area contributed by atoms with Crippen LogP contribution in [-0.4, -0.2) is 80.9 Å². The van der Waals surface area contributed by atoms with Gasteiger partial charge in [0.25, 0.3) is 5.91 Å². The van der Waals surface area contributed by atoms with Gasteiger partial charge in [0.1, 0.15) is 5.75 Å². The van der Waals surface area contributed by atoms with Gasteiger partial charge in [-0.05, 0) is 99.9 Å². The molecule has 2 fully saturated rings. The van der Waals surface area contributed by atoms with Crippen LogP contribution in [0.25, 0.3) is 22.2 Å². The number of alkyl halides is 3. The number of ether oxygens (including phenoxy) is 1. The minimum Gasteiger partial charge on any atom is -0.497 e. The lowest BCUT2D eigenvalue weighted by molar-refractivity contribution is -0.155. The molecule has 12 heteroatoms. The smallest absolute Gasteiger partial charge is 0.412 e. The van der Waals surface area contributed by atoms with Crippen LogP contribution in [0.2, 0.25) is 0 Å². The molecule has 0 spiro atoms. The van der Waals surface area contributed by atoms with Crippen molar-refractivity contribution in [2.75, 3.05) is 39.5 Å². The molecule has 3 aromatic carbocycles. The molecule has 0 radical (unpaired) electrons. The SMILES string of the molecule is COc1ccc(-c2nc3ccc(S(C)(=O)=O)cc3c(C(=O)N[C@H](c3ccccc3)C(F)(F)F)c2CN2CCC(N3CCCCC3)CC2)cc1. The van der Waals surface area contributed by atoms with E-state index in [4.69, 9.17) is 9.72 Å². The molecule has 1 N–H and O–H groups in total. The van der Waals surface area contributed by atoms with E-state index in [-0.39, 0.29) is 28.0 Å². The van der Waals surface area contributed by atoms with E-state index in [9.17, 15) is 26.4 Å². The minimum atomic E-state index is -4.80. The van der Waals surface area contributed by atoms with E-state index < -0.39 is 28.0 Å². The summed E-state index contributed by atoms with van der Waals surface area (Å²) in [4.78, 5) is 24.1. The molecule has 0 aliphatic carbocycles. The standard InChI is InChI=1S/C37H41F3N4O4S/c1-48-28-13-11-25(12-14-28)34-31(24-43-21-17-27(18-22-43)44-19-7-4-8-20-44)33(30-23-29(49(2,46)47)15-16-32(30)41-34)36(45)42-35(37(38,39)40)26-9-5-3-6-10-26/h3,5-6,9-16,23,27,35H,4,7-8,17-22,24H2,1-2H3,(H,42,45)/t35-/m1/s1. The Bertz CT molecular complexity index is 1890. The Morgan fingerprint density at radius 1 is 0.959 bits per heavy atom. The van der Waals surface area contributed by atoms with Gasteiger partial charge in [0.2, 0.25) is 0 Å². The van der Waals surface area contributed by atoms with Crippen molar-refractivity contribution in [2.24, 2.45) is 0 Å². The van der Waals surface area contributed by atoms with Gasteiger partial charge in [-0.25, -0.2) is 13.4 Å². The van der Waals surface area contributed by atoms with Crippen LogP contribution >= 0.6 is 0 Å². The third-order valence-corrected chi connectivity index (χ3v) is 10.8. The van der Waals surface area contributed by atoms with Crippen LogP contribution in [-0.2, 0) is 16.4 Å². The van der Waals surface area contributed by atoms with Gasteiger partial charge in [-0.3, -0.25) is 9.69 Å². The predicted molar refractivity (Wildman–Crippen MR) is 183 cm³/mol. The number of likely N-dealkylation sites (tertiary alicyclic amines) is 2. The summed E-state index contributed by atoms with van der Waals surface area (Å²) in [7, 11) is -2.17. The summed E-state index contributed by atoms with van der Waals surface area (Å²) in [6.07, 6.45) is 1.77. The van der Waals surface area contributed by atoms with Gasteiger partial charge in [-0.1, -0.05) is 36.8 Å². The largest absolute Gasteiger partial charge is 0.497 e. The lowest BCUT2D eigenvalue weighted by atomic mass is 9.93. The van der Waals surface area contributed by atoms with Crippen molar-refractivity contribution < 1.29 is 31.1 Å². The maximum Gasteiger partial charge on any atom is 0.412 e. The summed E-state index contributed by atoms with van der Waals surface area (Å²) in [5.74, 6) is -0.352. The van der Waals surface area contributed by atoms with Crippen molar-refractivity contribution in [3.05, 3.63) is 89.5 Å². The number of carbonyl (C=O) groups excluding carboxylic acids is 1. The monoisotopic (exact) mass is 694 g/mol. The summed E-state index contributed by atoms with van der Waals surface area (Å²) in [6, 6.07) is 16.8. The zero-order valence-electron chi connectivity index (χ0n) is 27.7. The highest BCUT2D eigenvalue weighted by Gasteiger charge is 2.42. The number of pyridine rings is 1. The minimum absolute atomic E-state index is 0.0235. The third kappa shape index (κ3) is 7.92. The lowest BCUT2D eigenvalue weighted by Gasteiger charge is -2.40. The molecule has 0 bridgehead atoms. The number of methoxy groups -OCH3 is 1. The number of halogens is 3. The van der Waals surface area contributed by atoms with Crippen molar-refractivity contribution in [1.82, 2.24) is 20.1 Å². The molecule has 0 unspecified atom stereocenters. The Balaban J connectivity index is 1.49. The molecular weight excluding hydrogens is 653 g/mol. The summed E-state index contributed by atoms with van der Waals surface area (Å²) in [6.45, 7) is 3.90. The lowest BCUT2D eigenvalue weighted by Crippen LogP contribution is -2.46. The highest BCUT2D eigenvalue weighted by Crippen LogP contribution is 2.37. The molecular formula is C37H41F3N4O4S. The Kier molecular flexibility index (Phi) is 10.3. The molecule has 1 atom stereocenters. The number of benzene rings is 3. The topological polar surface area (TPSA) is 91.8 Å². The first-order valence-corrected chi connectivity index (χ1v) is 18.5. The fourth-order valence-electron chi connectivity index (χ4n) is 7.07. The van der Waals surface area contributed by atoms with Crippen LogP contribution in [0.5, 0.6) is 5.75 Å². The number of fused-ring (bicyclic) bond motifs is 1. The molecule has 6 rings (SSSR count). The van der Waals surface area contributed by atoms with Crippen LogP contribution < -0.4 is 10.1 Å². The average molecular weight is 695 g/mol. The van der Waals surface area contributed by atoms with Gasteiger partial charge in [0.15, 0.2) is 15.9 Å². The third-order valence-electron chi connectivity index (χ3n) is 9.66. The molecule has 4 aromatic rings. The number of carbonyl (C=O) groups is 1. The van der Waals surface area contributed by atoms with Gasteiger partial charge in [-0.15, -0.1) is 0 Å². The van der Waals surface area contributed by atoms with Crippen molar-refractivity contribution in [3.8, 4) is 17.0 Å². The zero-order chi connectivity index (χ0) is 34.8. The van der Waals surface area contributed by atoms with Crippen molar-refractivity contribution in [2.45, 2.75) is 61.8 Å². The number of hydrogen-bond acceptors (Lipinski definition) is 7. The van der Waals surface area contributed by atoms with E-state index in [0.717, 1.165) is 45.3 Å².